The average Bonchev–Trinajstić information content (AvgIpc) is 3.20. The van der Waals surface area contributed by atoms with Crippen LogP contribution in [0.1, 0.15) is 0 Å². The zero-order valence-electron chi connectivity index (χ0n) is 15.2. The minimum absolute atomic E-state index is 0. The van der Waals surface area contributed by atoms with Crippen molar-refractivity contribution in [2.75, 3.05) is 0 Å². The van der Waals surface area contributed by atoms with E-state index >= 15 is 0 Å². The average molecular weight is 469 g/mol. The number of hydrogen-bond donors (Lipinski definition) is 0. The quantitative estimate of drug-likeness (QED) is 0.272. The van der Waals surface area contributed by atoms with Gasteiger partial charge in [0.1, 0.15) is 0 Å². The van der Waals surface area contributed by atoms with Gasteiger partial charge < -0.3 is 15.0 Å². The standard InChI is InChI=1S/C12H8N3.C11H7FN.Rh/c1-2-6-10-9(5-1)14-12(15-10)11-7-3-4-8-13-11;12-10-6-4-9(5-7-10)11-3-1-2-8-13-11;/h1-8H;1-4,6-8H;/q2*-1;+2. The van der Waals surface area contributed by atoms with Crippen molar-refractivity contribution in [2.24, 2.45) is 0 Å². The molecule has 0 saturated heterocycles. The summed E-state index contributed by atoms with van der Waals surface area (Å²) in [6.07, 6.45) is 3.45. The van der Waals surface area contributed by atoms with Gasteiger partial charge in [-0.25, -0.2) is 0 Å². The third-order valence-electron chi connectivity index (χ3n) is 3.94. The Morgan fingerprint density at radius 1 is 0.759 bits per heavy atom. The van der Waals surface area contributed by atoms with Gasteiger partial charge in [0.2, 0.25) is 0 Å². The van der Waals surface area contributed by atoms with E-state index in [-0.39, 0.29) is 25.3 Å². The second-order valence-electron chi connectivity index (χ2n) is 5.89. The summed E-state index contributed by atoms with van der Waals surface area (Å²) in [5.74, 6) is 0.413. The van der Waals surface area contributed by atoms with E-state index in [0.29, 0.717) is 5.82 Å². The molecule has 5 rings (SSSR count). The van der Waals surface area contributed by atoms with Gasteiger partial charge in [0.15, 0.2) is 0 Å². The molecule has 5 aromatic rings. The van der Waals surface area contributed by atoms with Crippen LogP contribution in [0.25, 0.3) is 33.8 Å². The van der Waals surface area contributed by atoms with Crippen LogP contribution < -0.4 is 4.98 Å². The Morgan fingerprint density at radius 3 is 2.07 bits per heavy atom. The van der Waals surface area contributed by atoms with Gasteiger partial charge in [-0.3, -0.25) is 9.37 Å². The molecule has 0 atom stereocenters. The summed E-state index contributed by atoms with van der Waals surface area (Å²) in [6.45, 7) is 0. The number of imidazole rings is 1. The zero-order valence-corrected chi connectivity index (χ0v) is 16.8. The van der Waals surface area contributed by atoms with Crippen molar-refractivity contribution < 1.29 is 23.9 Å². The van der Waals surface area contributed by atoms with Gasteiger partial charge in [-0.15, -0.1) is 29.8 Å². The van der Waals surface area contributed by atoms with Gasteiger partial charge in [0.25, 0.3) is 0 Å². The van der Waals surface area contributed by atoms with E-state index in [2.05, 4.69) is 26.0 Å². The molecule has 3 aromatic heterocycles. The number of benzene rings is 2. The number of hydrogen-bond acceptors (Lipinski definition) is 3. The zero-order chi connectivity index (χ0) is 19.2. The molecule has 3 heterocycles. The van der Waals surface area contributed by atoms with Crippen LogP contribution in [0.5, 0.6) is 0 Å². The Morgan fingerprint density at radius 2 is 1.45 bits per heavy atom. The predicted molar refractivity (Wildman–Crippen MR) is 107 cm³/mol. The maximum absolute atomic E-state index is 12.6. The molecule has 0 amide bonds. The largest absolute Gasteiger partial charge is 2.00 e. The van der Waals surface area contributed by atoms with Crippen molar-refractivity contribution in [1.29, 1.82) is 0 Å². The van der Waals surface area contributed by atoms with Crippen LogP contribution in [0.2, 0.25) is 0 Å². The summed E-state index contributed by atoms with van der Waals surface area (Å²) in [6, 6.07) is 26.3. The summed E-state index contributed by atoms with van der Waals surface area (Å²) >= 11 is 0. The first-order chi connectivity index (χ1) is 13.8. The number of pyridine rings is 2. The molecule has 0 bridgehead atoms. The van der Waals surface area contributed by atoms with Crippen molar-refractivity contribution in [3.63, 3.8) is 0 Å². The van der Waals surface area contributed by atoms with Crippen LogP contribution in [0.4, 0.5) is 4.39 Å². The van der Waals surface area contributed by atoms with Crippen molar-refractivity contribution in [1.82, 2.24) is 19.9 Å². The SMILES string of the molecule is Fc1c[c-]c(-c2ccccn2)cc1.[Rh+2].c1ccc(-c2nc3ccccc3[n-]2)nc1. The normalized spacial score (nSPS) is 9.97. The maximum Gasteiger partial charge on any atom is 2.00 e. The molecule has 1 radical (unpaired) electrons. The Labute approximate surface area is 180 Å². The number of nitrogens with zero attached hydrogens (tertiary/aromatic N) is 4. The van der Waals surface area contributed by atoms with Crippen LogP contribution in [0.3, 0.4) is 0 Å². The van der Waals surface area contributed by atoms with E-state index in [9.17, 15) is 4.39 Å². The van der Waals surface area contributed by atoms with Crippen molar-refractivity contribution >= 4 is 11.0 Å². The number of fused-ring (bicyclic) bond motifs is 1. The van der Waals surface area contributed by atoms with Crippen LogP contribution in [0, 0.1) is 11.9 Å². The smallest absolute Gasteiger partial charge is 0.434 e. The number of aromatic nitrogens is 4. The predicted octanol–water partition coefficient (Wildman–Crippen LogP) is 4.94. The van der Waals surface area contributed by atoms with E-state index in [1.165, 1.54) is 12.1 Å². The van der Waals surface area contributed by atoms with Gasteiger partial charge in [0, 0.05) is 18.2 Å². The molecule has 0 saturated carbocycles. The molecule has 143 valence electrons. The summed E-state index contributed by atoms with van der Waals surface area (Å²) in [5.41, 5.74) is 4.26. The monoisotopic (exact) mass is 469 g/mol. The molecule has 0 aliphatic carbocycles. The minimum atomic E-state index is -0.278. The molecular formula is C23H15FN4Rh. The van der Waals surface area contributed by atoms with E-state index < -0.39 is 0 Å². The van der Waals surface area contributed by atoms with Crippen LogP contribution >= 0.6 is 0 Å². The number of para-hydroxylation sites is 2. The molecule has 0 aliphatic heterocycles. The van der Waals surface area contributed by atoms with Crippen molar-refractivity contribution in [3.05, 3.63) is 103 Å². The van der Waals surface area contributed by atoms with E-state index in [0.717, 1.165) is 28.0 Å². The molecule has 2 aromatic carbocycles. The van der Waals surface area contributed by atoms with Crippen molar-refractivity contribution in [3.8, 4) is 22.8 Å². The molecule has 29 heavy (non-hydrogen) atoms. The maximum atomic E-state index is 12.6. The molecule has 0 spiro atoms. The van der Waals surface area contributed by atoms with Crippen LogP contribution in [0.15, 0.2) is 91.3 Å². The second kappa shape index (κ2) is 9.81. The van der Waals surface area contributed by atoms with Crippen LogP contribution in [-0.2, 0) is 19.5 Å². The molecule has 0 unspecified atom stereocenters. The van der Waals surface area contributed by atoms with Gasteiger partial charge >= 0.3 is 19.5 Å². The van der Waals surface area contributed by atoms with E-state index in [1.807, 2.05) is 60.7 Å². The molecule has 4 nitrogen and oxygen atoms in total. The number of halogens is 1. The summed E-state index contributed by atoms with van der Waals surface area (Å²) < 4.78 is 12.6. The second-order valence-corrected chi connectivity index (χ2v) is 5.89. The summed E-state index contributed by atoms with van der Waals surface area (Å²) in [4.78, 5) is 17.2. The minimum Gasteiger partial charge on any atom is -0.434 e. The van der Waals surface area contributed by atoms with E-state index in [1.54, 1.807) is 18.5 Å². The molecule has 0 aliphatic rings. The molecular weight excluding hydrogens is 454 g/mol. The summed E-state index contributed by atoms with van der Waals surface area (Å²) in [5, 5.41) is 0. The molecule has 6 heteroatoms. The van der Waals surface area contributed by atoms with Crippen LogP contribution in [-0.4, -0.2) is 15.0 Å². The Kier molecular flexibility index (Phi) is 6.93. The first-order valence-electron chi connectivity index (χ1n) is 8.69. The summed E-state index contributed by atoms with van der Waals surface area (Å²) in [7, 11) is 0. The van der Waals surface area contributed by atoms with E-state index in [4.69, 9.17) is 0 Å². The topological polar surface area (TPSA) is 52.8 Å². The third-order valence-corrected chi connectivity index (χ3v) is 3.94. The molecule has 0 fully saturated rings. The first kappa shape index (κ1) is 20.5. The fourth-order valence-electron chi connectivity index (χ4n) is 2.60. The Balaban J connectivity index is 0.000000162. The van der Waals surface area contributed by atoms with Gasteiger partial charge in [-0.2, -0.15) is 0 Å². The fourth-order valence-corrected chi connectivity index (χ4v) is 2.60. The Hall–Kier alpha value is -3.24. The fraction of sp³-hybridized carbons (Fsp3) is 0. The van der Waals surface area contributed by atoms with Gasteiger partial charge in [-0.05, 0) is 40.8 Å². The third kappa shape index (κ3) is 5.18. The first-order valence-corrected chi connectivity index (χ1v) is 8.69. The van der Waals surface area contributed by atoms with Gasteiger partial charge in [0.05, 0.1) is 5.69 Å². The van der Waals surface area contributed by atoms with Crippen molar-refractivity contribution in [2.45, 2.75) is 0 Å². The van der Waals surface area contributed by atoms with Gasteiger partial charge in [-0.1, -0.05) is 42.5 Å². The Bertz CT molecular complexity index is 1130. The number of rotatable bonds is 2. The molecule has 0 N–H and O–H groups in total.